The van der Waals surface area contributed by atoms with Gasteiger partial charge in [0.25, 0.3) is 5.56 Å². The molecule has 0 saturated carbocycles. The maximum absolute atomic E-state index is 13.1. The monoisotopic (exact) mass is 392 g/mol. The molecule has 4 rings (SSSR count). The predicted octanol–water partition coefficient (Wildman–Crippen LogP) is 2.33. The topological polar surface area (TPSA) is 101 Å². The maximum Gasteiger partial charge on any atom is 0.260 e. The van der Waals surface area contributed by atoms with Gasteiger partial charge in [0.2, 0.25) is 5.78 Å². The summed E-state index contributed by atoms with van der Waals surface area (Å²) >= 11 is 0. The van der Waals surface area contributed by atoms with E-state index in [0.29, 0.717) is 29.3 Å². The molecule has 0 radical (unpaired) electrons. The zero-order valence-electron chi connectivity index (χ0n) is 15.7. The van der Waals surface area contributed by atoms with Crippen LogP contribution in [0.5, 0.6) is 0 Å². The average molecular weight is 392 g/mol. The minimum Gasteiger partial charge on any atom is -0.330 e. The van der Waals surface area contributed by atoms with Crippen molar-refractivity contribution >= 4 is 5.78 Å². The number of nitrogens with one attached hydrogen (secondary N) is 2. The van der Waals surface area contributed by atoms with E-state index in [-0.39, 0.29) is 11.4 Å². The first-order valence-electron chi connectivity index (χ1n) is 9.40. The Morgan fingerprint density at radius 3 is 2.52 bits per heavy atom. The van der Waals surface area contributed by atoms with Crippen LogP contribution in [0.2, 0.25) is 0 Å². The summed E-state index contributed by atoms with van der Waals surface area (Å²) < 4.78 is 14.7. The van der Waals surface area contributed by atoms with Gasteiger partial charge in [-0.05, 0) is 54.9 Å². The lowest BCUT2D eigenvalue weighted by Crippen LogP contribution is -2.17. The van der Waals surface area contributed by atoms with E-state index < -0.39 is 0 Å². The van der Waals surface area contributed by atoms with Gasteiger partial charge in [-0.25, -0.2) is 8.91 Å². The number of nitrogens with zero attached hydrogens (tertiary/aromatic N) is 3. The molecule has 0 spiro atoms. The van der Waals surface area contributed by atoms with Crippen molar-refractivity contribution in [2.45, 2.75) is 13.0 Å². The van der Waals surface area contributed by atoms with Crippen LogP contribution < -0.4 is 16.6 Å². The molecule has 4 aromatic rings. The molecule has 0 bridgehead atoms. The molecule has 29 heavy (non-hydrogen) atoms. The Bertz CT molecular complexity index is 1160. The Morgan fingerprint density at radius 1 is 1.07 bits per heavy atom. The van der Waals surface area contributed by atoms with Crippen LogP contribution in [0, 0.1) is 5.82 Å². The number of H-pyrrole nitrogens is 1. The molecule has 2 aromatic carbocycles. The van der Waals surface area contributed by atoms with Crippen molar-refractivity contribution in [3.63, 3.8) is 0 Å². The zero-order valence-corrected chi connectivity index (χ0v) is 15.7. The number of aromatic amines is 1. The number of aromatic nitrogens is 4. The molecule has 0 atom stereocenters. The van der Waals surface area contributed by atoms with E-state index in [1.165, 1.54) is 16.6 Å². The SMILES string of the molecule is NCCCNCc1ccc(-c2cn3nc(-c4ccc(F)cc4)nc3[nH]c2=O)cc1. The summed E-state index contributed by atoms with van der Waals surface area (Å²) in [5.74, 6) is 0.418. The molecule has 0 fully saturated rings. The third-order valence-electron chi connectivity index (χ3n) is 4.61. The summed E-state index contributed by atoms with van der Waals surface area (Å²) in [5, 5.41) is 7.73. The van der Waals surface area contributed by atoms with Crippen molar-refractivity contribution in [3.05, 3.63) is 76.5 Å². The third kappa shape index (κ3) is 4.23. The maximum atomic E-state index is 13.1. The highest BCUT2D eigenvalue weighted by atomic mass is 19.1. The summed E-state index contributed by atoms with van der Waals surface area (Å²) in [6, 6.07) is 13.7. The van der Waals surface area contributed by atoms with Crippen molar-refractivity contribution in [3.8, 4) is 22.5 Å². The van der Waals surface area contributed by atoms with Crippen LogP contribution in [0.15, 0.2) is 59.5 Å². The molecule has 0 aliphatic carbocycles. The second kappa shape index (κ2) is 8.34. The zero-order chi connectivity index (χ0) is 20.2. The molecule has 0 saturated heterocycles. The number of nitrogens with two attached hydrogens (primary N) is 1. The fraction of sp³-hybridized carbons (Fsp3) is 0.190. The fourth-order valence-electron chi connectivity index (χ4n) is 3.04. The third-order valence-corrected chi connectivity index (χ3v) is 4.61. The van der Waals surface area contributed by atoms with E-state index in [0.717, 1.165) is 30.6 Å². The van der Waals surface area contributed by atoms with E-state index in [9.17, 15) is 9.18 Å². The molecule has 0 aliphatic rings. The lowest BCUT2D eigenvalue weighted by molar-refractivity contribution is 0.628. The van der Waals surface area contributed by atoms with Gasteiger partial charge in [-0.15, -0.1) is 5.10 Å². The molecule has 7 nitrogen and oxygen atoms in total. The minimum atomic E-state index is -0.328. The van der Waals surface area contributed by atoms with Gasteiger partial charge in [-0.2, -0.15) is 4.98 Å². The summed E-state index contributed by atoms with van der Waals surface area (Å²) in [7, 11) is 0. The van der Waals surface area contributed by atoms with Crippen LogP contribution in [0.25, 0.3) is 28.3 Å². The number of fused-ring (bicyclic) bond motifs is 1. The fourth-order valence-corrected chi connectivity index (χ4v) is 3.04. The molecule has 148 valence electrons. The second-order valence-corrected chi connectivity index (χ2v) is 6.72. The highest BCUT2D eigenvalue weighted by Gasteiger charge is 2.11. The van der Waals surface area contributed by atoms with Crippen LogP contribution >= 0.6 is 0 Å². The van der Waals surface area contributed by atoms with Crippen LogP contribution in [-0.4, -0.2) is 32.7 Å². The van der Waals surface area contributed by atoms with Gasteiger partial charge < -0.3 is 11.1 Å². The van der Waals surface area contributed by atoms with Gasteiger partial charge in [-0.3, -0.25) is 9.78 Å². The quantitative estimate of drug-likeness (QED) is 0.419. The van der Waals surface area contributed by atoms with Crippen LogP contribution in [0.4, 0.5) is 4.39 Å². The van der Waals surface area contributed by atoms with Crippen LogP contribution in [0.3, 0.4) is 0 Å². The predicted molar refractivity (Wildman–Crippen MR) is 110 cm³/mol. The number of benzene rings is 2. The normalized spacial score (nSPS) is 11.2. The molecule has 4 N–H and O–H groups in total. The van der Waals surface area contributed by atoms with Crippen molar-refractivity contribution < 1.29 is 4.39 Å². The number of rotatable bonds is 7. The standard InChI is InChI=1S/C21H21FN6O/c22-17-8-6-16(7-9-17)19-25-21-26-20(29)18(13-28(21)27-19)15-4-2-14(3-5-15)12-24-11-1-10-23/h2-9,13,24H,1,10-12,23H2,(H,25,26,27,29). The Balaban J connectivity index is 1.60. The molecule has 2 heterocycles. The Kier molecular flexibility index (Phi) is 5.46. The van der Waals surface area contributed by atoms with Gasteiger partial charge >= 0.3 is 0 Å². The Labute approximate surface area is 166 Å². The average Bonchev–Trinajstić information content (AvgIpc) is 3.14. The van der Waals surface area contributed by atoms with Crippen LogP contribution in [0.1, 0.15) is 12.0 Å². The molecular formula is C21H21FN6O. The highest BCUT2D eigenvalue weighted by Crippen LogP contribution is 2.19. The minimum absolute atomic E-state index is 0.246. The first kappa shape index (κ1) is 19.0. The van der Waals surface area contributed by atoms with Gasteiger partial charge in [0.05, 0.1) is 5.56 Å². The molecule has 2 aromatic heterocycles. The van der Waals surface area contributed by atoms with E-state index in [2.05, 4.69) is 20.4 Å². The Morgan fingerprint density at radius 2 is 1.79 bits per heavy atom. The molecule has 0 amide bonds. The lowest BCUT2D eigenvalue weighted by Gasteiger charge is -2.06. The van der Waals surface area contributed by atoms with Crippen molar-refractivity contribution in [1.29, 1.82) is 0 Å². The van der Waals surface area contributed by atoms with Crippen molar-refractivity contribution in [2.75, 3.05) is 13.1 Å². The molecule has 0 aliphatic heterocycles. The number of hydrogen-bond acceptors (Lipinski definition) is 5. The summed E-state index contributed by atoms with van der Waals surface area (Å²) in [4.78, 5) is 19.6. The Hall–Kier alpha value is -3.36. The van der Waals surface area contributed by atoms with E-state index >= 15 is 0 Å². The van der Waals surface area contributed by atoms with Crippen molar-refractivity contribution in [2.24, 2.45) is 5.73 Å². The van der Waals surface area contributed by atoms with Gasteiger partial charge in [0, 0.05) is 18.3 Å². The van der Waals surface area contributed by atoms with Gasteiger partial charge in [0.15, 0.2) is 5.82 Å². The van der Waals surface area contributed by atoms with E-state index in [4.69, 9.17) is 5.73 Å². The highest BCUT2D eigenvalue weighted by molar-refractivity contribution is 5.63. The summed E-state index contributed by atoms with van der Waals surface area (Å²) in [6.07, 6.45) is 2.59. The van der Waals surface area contributed by atoms with Gasteiger partial charge in [-0.1, -0.05) is 24.3 Å². The first-order valence-corrected chi connectivity index (χ1v) is 9.40. The summed E-state index contributed by atoms with van der Waals surface area (Å²) in [5.41, 5.74) is 8.32. The van der Waals surface area contributed by atoms with E-state index in [1.807, 2.05) is 24.3 Å². The first-order chi connectivity index (χ1) is 14.1. The van der Waals surface area contributed by atoms with E-state index in [1.54, 1.807) is 18.3 Å². The van der Waals surface area contributed by atoms with Gasteiger partial charge in [0.1, 0.15) is 5.82 Å². The van der Waals surface area contributed by atoms with Crippen molar-refractivity contribution in [1.82, 2.24) is 24.9 Å². The summed E-state index contributed by atoms with van der Waals surface area (Å²) in [6.45, 7) is 2.29. The van der Waals surface area contributed by atoms with Crippen LogP contribution in [-0.2, 0) is 6.54 Å². The molecule has 0 unspecified atom stereocenters. The number of hydrogen-bond donors (Lipinski definition) is 3. The second-order valence-electron chi connectivity index (χ2n) is 6.72. The lowest BCUT2D eigenvalue weighted by atomic mass is 10.1. The largest absolute Gasteiger partial charge is 0.330 e. The molecule has 8 heteroatoms. The number of halogens is 1. The molecular weight excluding hydrogens is 371 g/mol. The smallest absolute Gasteiger partial charge is 0.260 e.